The van der Waals surface area contributed by atoms with Gasteiger partial charge < -0.3 is 9.84 Å². The molecule has 1 aliphatic heterocycles. The highest BCUT2D eigenvalue weighted by Crippen LogP contribution is 2.53. The topological polar surface area (TPSA) is 66.8 Å². The smallest absolute Gasteiger partial charge is 0.316 e. The normalized spacial score (nSPS) is 34.2. The number of hydrogen-bond acceptors (Lipinski definition) is 5. The minimum Gasteiger partial charge on any atom is -0.468 e. The van der Waals surface area contributed by atoms with E-state index >= 15 is 0 Å². The molecule has 5 nitrogen and oxygen atoms in total. The van der Waals surface area contributed by atoms with Crippen LogP contribution in [0.25, 0.3) is 0 Å². The molecule has 124 valence electrons. The monoisotopic (exact) mass is 317 g/mol. The summed E-state index contributed by atoms with van der Waals surface area (Å²) in [6, 6.07) is 10.00. The van der Waals surface area contributed by atoms with Crippen LogP contribution in [0.3, 0.4) is 0 Å². The number of rotatable bonds is 3. The molecule has 3 rings (SSSR count). The van der Waals surface area contributed by atoms with E-state index < -0.39 is 17.0 Å². The van der Waals surface area contributed by atoms with Crippen LogP contribution in [0.1, 0.15) is 25.3 Å². The average Bonchev–Trinajstić information content (AvgIpc) is 2.75. The first kappa shape index (κ1) is 16.1. The summed E-state index contributed by atoms with van der Waals surface area (Å²) >= 11 is 0. The van der Waals surface area contributed by atoms with Crippen molar-refractivity contribution in [3.05, 3.63) is 35.9 Å². The van der Waals surface area contributed by atoms with E-state index in [0.717, 1.165) is 5.56 Å². The Bertz CT molecular complexity index is 617. The second-order valence-corrected chi connectivity index (χ2v) is 6.80. The Balaban J connectivity index is 1.91. The van der Waals surface area contributed by atoms with Gasteiger partial charge in [-0.1, -0.05) is 37.3 Å². The molecule has 1 saturated carbocycles. The molecule has 0 bridgehead atoms. The van der Waals surface area contributed by atoms with Crippen LogP contribution in [0.4, 0.5) is 0 Å². The van der Waals surface area contributed by atoms with Crippen LogP contribution in [0.5, 0.6) is 0 Å². The molecule has 2 fully saturated rings. The predicted molar refractivity (Wildman–Crippen MR) is 84.5 cm³/mol. The highest BCUT2D eigenvalue weighted by atomic mass is 16.5. The molecule has 1 saturated heterocycles. The molecule has 1 aliphatic carbocycles. The zero-order valence-electron chi connectivity index (χ0n) is 13.6. The van der Waals surface area contributed by atoms with Crippen LogP contribution in [-0.2, 0) is 20.9 Å². The fourth-order valence-corrected chi connectivity index (χ4v) is 4.27. The maximum absolute atomic E-state index is 12.6. The first-order valence-electron chi connectivity index (χ1n) is 8.04. The number of likely N-dealkylation sites (tertiary alicyclic amines) is 1. The van der Waals surface area contributed by atoms with Gasteiger partial charge in [0.05, 0.1) is 7.11 Å². The van der Waals surface area contributed by atoms with E-state index in [1.807, 2.05) is 37.3 Å². The summed E-state index contributed by atoms with van der Waals surface area (Å²) in [5.41, 5.74) is -1.60. The van der Waals surface area contributed by atoms with Gasteiger partial charge in [0.25, 0.3) is 0 Å². The summed E-state index contributed by atoms with van der Waals surface area (Å²) in [6.45, 7) is 3.48. The van der Waals surface area contributed by atoms with Crippen molar-refractivity contribution in [2.45, 2.75) is 31.9 Å². The van der Waals surface area contributed by atoms with E-state index in [2.05, 4.69) is 4.90 Å². The standard InChI is InChI=1S/C18H23NO4/c1-13-10-15(20)18(22)8-9-19(11-14-6-4-3-5-7-14)12-17(13,18)16(21)23-2/h3-7,13,22H,8-12H2,1-2H3/t13-,17+,18+/m1/s1. The Kier molecular flexibility index (Phi) is 4.02. The summed E-state index contributed by atoms with van der Waals surface area (Å²) in [4.78, 5) is 27.1. The summed E-state index contributed by atoms with van der Waals surface area (Å²) < 4.78 is 5.00. The number of carbonyl (C=O) groups excluding carboxylic acids is 2. The van der Waals surface area contributed by atoms with Crippen molar-refractivity contribution in [3.8, 4) is 0 Å². The van der Waals surface area contributed by atoms with Crippen molar-refractivity contribution >= 4 is 11.8 Å². The molecule has 1 heterocycles. The lowest BCUT2D eigenvalue weighted by Crippen LogP contribution is -2.64. The van der Waals surface area contributed by atoms with Gasteiger partial charge in [-0.25, -0.2) is 0 Å². The van der Waals surface area contributed by atoms with Crippen LogP contribution in [-0.4, -0.2) is 47.6 Å². The number of methoxy groups -OCH3 is 1. The van der Waals surface area contributed by atoms with Gasteiger partial charge in [0.1, 0.15) is 11.0 Å². The van der Waals surface area contributed by atoms with Gasteiger partial charge in [0, 0.05) is 26.1 Å². The van der Waals surface area contributed by atoms with Crippen LogP contribution < -0.4 is 0 Å². The number of hydrogen-bond donors (Lipinski definition) is 1. The Morgan fingerprint density at radius 1 is 1.39 bits per heavy atom. The van der Waals surface area contributed by atoms with Crippen LogP contribution >= 0.6 is 0 Å². The predicted octanol–water partition coefficient (Wildman–Crippen LogP) is 1.39. The van der Waals surface area contributed by atoms with E-state index in [1.54, 1.807) is 0 Å². The molecular weight excluding hydrogens is 294 g/mol. The number of esters is 1. The van der Waals surface area contributed by atoms with Crippen LogP contribution in [0, 0.1) is 11.3 Å². The van der Waals surface area contributed by atoms with Crippen molar-refractivity contribution in [2.75, 3.05) is 20.2 Å². The highest BCUT2D eigenvalue weighted by Gasteiger charge is 2.69. The lowest BCUT2D eigenvalue weighted by molar-refractivity contribution is -0.188. The van der Waals surface area contributed by atoms with Crippen LogP contribution in [0.2, 0.25) is 0 Å². The molecule has 0 radical (unpaired) electrons. The number of benzene rings is 1. The minimum absolute atomic E-state index is 0.227. The van der Waals surface area contributed by atoms with E-state index in [4.69, 9.17) is 4.74 Å². The van der Waals surface area contributed by atoms with Gasteiger partial charge in [-0.2, -0.15) is 0 Å². The minimum atomic E-state index is -1.59. The maximum atomic E-state index is 12.6. The second-order valence-electron chi connectivity index (χ2n) is 6.80. The van der Waals surface area contributed by atoms with Gasteiger partial charge in [0.2, 0.25) is 0 Å². The lowest BCUT2D eigenvalue weighted by atomic mass is 9.65. The third-order valence-electron chi connectivity index (χ3n) is 5.59. The third-order valence-corrected chi connectivity index (χ3v) is 5.59. The number of piperidine rings is 1. The molecule has 5 heteroatoms. The summed E-state index contributed by atoms with van der Waals surface area (Å²) in [7, 11) is 1.32. The summed E-state index contributed by atoms with van der Waals surface area (Å²) in [6.07, 6.45) is 0.503. The molecule has 0 amide bonds. The van der Waals surface area contributed by atoms with E-state index in [-0.39, 0.29) is 24.5 Å². The van der Waals surface area contributed by atoms with Gasteiger partial charge >= 0.3 is 5.97 Å². The number of Topliss-reactive ketones (excluding diaryl/α,β-unsaturated/α-hetero) is 1. The fraction of sp³-hybridized carbons (Fsp3) is 0.556. The SMILES string of the molecule is COC(=O)[C@@]12CN(Cc3ccccc3)CC[C@]1(O)C(=O)C[C@H]2C. The van der Waals surface area contributed by atoms with Crippen molar-refractivity contribution in [1.29, 1.82) is 0 Å². The molecule has 0 aromatic heterocycles. The fourth-order valence-electron chi connectivity index (χ4n) is 4.27. The largest absolute Gasteiger partial charge is 0.468 e. The third kappa shape index (κ3) is 2.30. The van der Waals surface area contributed by atoms with Crippen LogP contribution in [0.15, 0.2) is 30.3 Å². The van der Waals surface area contributed by atoms with E-state index in [9.17, 15) is 14.7 Å². The van der Waals surface area contributed by atoms with E-state index in [0.29, 0.717) is 19.6 Å². The lowest BCUT2D eigenvalue weighted by Gasteiger charge is -2.48. The van der Waals surface area contributed by atoms with Gasteiger partial charge in [-0.3, -0.25) is 14.5 Å². The van der Waals surface area contributed by atoms with Crippen molar-refractivity contribution in [2.24, 2.45) is 11.3 Å². The number of aliphatic hydroxyl groups is 1. The molecule has 1 aromatic rings. The number of nitrogens with zero attached hydrogens (tertiary/aromatic N) is 1. The molecule has 1 aromatic carbocycles. The molecule has 0 unspecified atom stereocenters. The Morgan fingerprint density at radius 2 is 2.09 bits per heavy atom. The van der Waals surface area contributed by atoms with Crippen molar-refractivity contribution in [3.63, 3.8) is 0 Å². The Hall–Kier alpha value is -1.72. The van der Waals surface area contributed by atoms with Crippen molar-refractivity contribution < 1.29 is 19.4 Å². The molecule has 2 aliphatic rings. The molecule has 0 spiro atoms. The summed E-state index contributed by atoms with van der Waals surface area (Å²) in [5, 5.41) is 11.0. The Labute approximate surface area is 136 Å². The van der Waals surface area contributed by atoms with Crippen molar-refractivity contribution in [1.82, 2.24) is 4.90 Å². The number of ether oxygens (including phenoxy) is 1. The maximum Gasteiger partial charge on any atom is 0.316 e. The zero-order chi connectivity index (χ0) is 16.7. The first-order valence-corrected chi connectivity index (χ1v) is 8.04. The first-order chi connectivity index (χ1) is 10.9. The quantitative estimate of drug-likeness (QED) is 0.854. The molecule has 23 heavy (non-hydrogen) atoms. The molecule has 1 N–H and O–H groups in total. The molecule has 3 atom stereocenters. The zero-order valence-corrected chi connectivity index (χ0v) is 13.6. The average molecular weight is 317 g/mol. The Morgan fingerprint density at radius 3 is 2.74 bits per heavy atom. The number of carbonyl (C=O) groups is 2. The number of fused-ring (bicyclic) bond motifs is 1. The highest BCUT2D eigenvalue weighted by molar-refractivity contribution is 5.99. The molecular formula is C18H23NO4. The summed E-state index contributed by atoms with van der Waals surface area (Å²) in [5.74, 6) is -0.933. The van der Waals surface area contributed by atoms with Gasteiger partial charge in [0.15, 0.2) is 5.78 Å². The van der Waals surface area contributed by atoms with Gasteiger partial charge in [-0.05, 0) is 17.9 Å². The van der Waals surface area contributed by atoms with Gasteiger partial charge in [-0.15, -0.1) is 0 Å². The van der Waals surface area contributed by atoms with E-state index in [1.165, 1.54) is 7.11 Å². The number of ketones is 1. The second kappa shape index (κ2) is 5.73.